The molecular weight excluding hydrogens is 330 g/mol. The van der Waals surface area contributed by atoms with Gasteiger partial charge in [-0.05, 0) is 20.3 Å². The van der Waals surface area contributed by atoms with Gasteiger partial charge in [0.1, 0.15) is 11.0 Å². The van der Waals surface area contributed by atoms with Gasteiger partial charge in [0.15, 0.2) is 4.34 Å². The minimum atomic E-state index is -0.365. The molecule has 2 rings (SSSR count). The van der Waals surface area contributed by atoms with Crippen LogP contribution in [-0.4, -0.2) is 38.2 Å². The van der Waals surface area contributed by atoms with Crippen molar-refractivity contribution in [3.8, 4) is 0 Å². The van der Waals surface area contributed by atoms with Crippen molar-refractivity contribution in [2.75, 3.05) is 12.3 Å². The first-order valence-electron chi connectivity index (χ1n) is 6.46. The Bertz CT molecular complexity index is 600. The highest BCUT2D eigenvalue weighted by Gasteiger charge is 2.15. The summed E-state index contributed by atoms with van der Waals surface area (Å²) in [5.74, 6) is 0.836. The molecule has 1 amide bonds. The monoisotopic (exact) mass is 345 g/mol. The molecule has 1 N–H and O–H groups in total. The maximum absolute atomic E-state index is 11.9. The molecular formula is C12H16ClN5OS2. The second-order valence-electron chi connectivity index (χ2n) is 4.39. The van der Waals surface area contributed by atoms with Crippen molar-refractivity contribution >= 4 is 40.6 Å². The third-order valence-corrected chi connectivity index (χ3v) is 4.95. The number of amides is 1. The van der Waals surface area contributed by atoms with Gasteiger partial charge in [0.25, 0.3) is 0 Å². The first kappa shape index (κ1) is 16.3. The molecule has 6 nitrogen and oxygen atoms in total. The third-order valence-electron chi connectivity index (χ3n) is 2.70. The second-order valence-corrected chi connectivity index (χ2v) is 7.35. The first-order chi connectivity index (χ1) is 10.1. The number of thioether (sulfide) groups is 1. The Morgan fingerprint density at radius 3 is 3.00 bits per heavy atom. The molecule has 0 bridgehead atoms. The minimum absolute atomic E-state index is 0.0634. The molecule has 0 aliphatic carbocycles. The van der Waals surface area contributed by atoms with E-state index in [1.807, 2.05) is 6.92 Å². The summed E-state index contributed by atoms with van der Waals surface area (Å²) >= 11 is 9.03. The summed E-state index contributed by atoms with van der Waals surface area (Å²) in [6.07, 6.45) is 4.03. The third kappa shape index (κ3) is 4.98. The van der Waals surface area contributed by atoms with E-state index in [2.05, 4.69) is 20.6 Å². The molecule has 0 saturated carbocycles. The van der Waals surface area contributed by atoms with Crippen molar-refractivity contribution in [3.05, 3.63) is 22.4 Å². The lowest BCUT2D eigenvalue weighted by atomic mass is 10.3. The molecule has 2 heterocycles. The van der Waals surface area contributed by atoms with Gasteiger partial charge < -0.3 is 5.32 Å². The smallest absolute Gasteiger partial charge is 0.244 e. The zero-order valence-electron chi connectivity index (χ0n) is 11.7. The molecule has 0 aliphatic rings. The van der Waals surface area contributed by atoms with Crippen LogP contribution in [0.2, 0.25) is 5.02 Å². The molecule has 114 valence electrons. The SMILES string of the molecule is Cc1nnc(SCCCNC(=O)[C@@H](C)n2cc(Cl)cn2)s1. The van der Waals surface area contributed by atoms with Crippen molar-refractivity contribution in [1.29, 1.82) is 0 Å². The van der Waals surface area contributed by atoms with Crippen LogP contribution in [-0.2, 0) is 4.79 Å². The van der Waals surface area contributed by atoms with Gasteiger partial charge in [-0.3, -0.25) is 9.48 Å². The van der Waals surface area contributed by atoms with Gasteiger partial charge in [-0.2, -0.15) is 5.10 Å². The van der Waals surface area contributed by atoms with Crippen LogP contribution < -0.4 is 5.32 Å². The lowest BCUT2D eigenvalue weighted by Gasteiger charge is -2.12. The summed E-state index contributed by atoms with van der Waals surface area (Å²) in [4.78, 5) is 11.9. The number of hydrogen-bond acceptors (Lipinski definition) is 6. The number of carbonyl (C=O) groups excluding carboxylic acids is 1. The van der Waals surface area contributed by atoms with Gasteiger partial charge in [-0.1, -0.05) is 34.7 Å². The number of carbonyl (C=O) groups is 1. The van der Waals surface area contributed by atoms with E-state index in [-0.39, 0.29) is 11.9 Å². The Kier molecular flexibility index (Phi) is 6.01. The van der Waals surface area contributed by atoms with Crippen LogP contribution in [0.1, 0.15) is 24.4 Å². The van der Waals surface area contributed by atoms with Crippen molar-refractivity contribution in [1.82, 2.24) is 25.3 Å². The molecule has 0 saturated heterocycles. The van der Waals surface area contributed by atoms with Crippen molar-refractivity contribution in [3.63, 3.8) is 0 Å². The van der Waals surface area contributed by atoms with Gasteiger partial charge in [0, 0.05) is 18.5 Å². The van der Waals surface area contributed by atoms with Crippen molar-refractivity contribution < 1.29 is 4.79 Å². The van der Waals surface area contributed by atoms with Crippen LogP contribution in [0.15, 0.2) is 16.7 Å². The standard InChI is InChI=1S/C12H16ClN5OS2/c1-8(18-7-10(13)6-15-18)11(19)14-4-3-5-20-12-17-16-9(2)21-12/h6-8H,3-5H2,1-2H3,(H,14,19)/t8-/m1/s1. The highest BCUT2D eigenvalue weighted by atomic mass is 35.5. The summed E-state index contributed by atoms with van der Waals surface area (Å²) in [5.41, 5.74) is 0. The molecule has 0 radical (unpaired) electrons. The molecule has 2 aromatic rings. The largest absolute Gasteiger partial charge is 0.354 e. The summed E-state index contributed by atoms with van der Waals surface area (Å²) in [6, 6.07) is -0.365. The zero-order chi connectivity index (χ0) is 15.2. The molecule has 9 heteroatoms. The van der Waals surface area contributed by atoms with Crippen LogP contribution in [0, 0.1) is 6.92 Å². The van der Waals surface area contributed by atoms with E-state index in [1.54, 1.807) is 40.9 Å². The molecule has 21 heavy (non-hydrogen) atoms. The molecule has 2 aromatic heterocycles. The molecule has 0 fully saturated rings. The number of aryl methyl sites for hydroxylation is 1. The summed E-state index contributed by atoms with van der Waals surface area (Å²) < 4.78 is 2.52. The number of rotatable bonds is 7. The number of hydrogen-bond donors (Lipinski definition) is 1. The Balaban J connectivity index is 1.65. The van der Waals surface area contributed by atoms with Gasteiger partial charge in [0.05, 0.1) is 11.2 Å². The fourth-order valence-electron chi connectivity index (χ4n) is 1.57. The quantitative estimate of drug-likeness (QED) is 0.616. The van der Waals surface area contributed by atoms with Gasteiger partial charge in [-0.25, -0.2) is 0 Å². The lowest BCUT2D eigenvalue weighted by Crippen LogP contribution is -2.32. The Morgan fingerprint density at radius 1 is 1.57 bits per heavy atom. The van der Waals surface area contributed by atoms with Crippen LogP contribution in [0.3, 0.4) is 0 Å². The Morgan fingerprint density at radius 2 is 2.38 bits per heavy atom. The normalized spacial score (nSPS) is 12.3. The van der Waals surface area contributed by atoms with Crippen molar-refractivity contribution in [2.24, 2.45) is 0 Å². The van der Waals surface area contributed by atoms with E-state index in [4.69, 9.17) is 11.6 Å². The van der Waals surface area contributed by atoms with Gasteiger partial charge >= 0.3 is 0 Å². The first-order valence-corrected chi connectivity index (χ1v) is 8.64. The van der Waals surface area contributed by atoms with E-state index in [9.17, 15) is 4.79 Å². The van der Waals surface area contributed by atoms with Gasteiger partial charge in [0.2, 0.25) is 5.91 Å². The van der Waals surface area contributed by atoms with Crippen LogP contribution >= 0.6 is 34.7 Å². The number of aromatic nitrogens is 4. The summed E-state index contributed by atoms with van der Waals surface area (Å²) in [6.45, 7) is 4.35. The second kappa shape index (κ2) is 7.77. The summed E-state index contributed by atoms with van der Waals surface area (Å²) in [7, 11) is 0. The summed E-state index contributed by atoms with van der Waals surface area (Å²) in [5, 5.41) is 16.4. The molecule has 0 aromatic carbocycles. The number of nitrogens with one attached hydrogen (secondary N) is 1. The Hall–Kier alpha value is -1.12. The van der Waals surface area contributed by atoms with E-state index in [1.165, 1.54) is 6.20 Å². The minimum Gasteiger partial charge on any atom is -0.354 e. The number of halogens is 1. The van der Waals surface area contributed by atoms with E-state index >= 15 is 0 Å². The van der Waals surface area contributed by atoms with E-state index < -0.39 is 0 Å². The fraction of sp³-hybridized carbons (Fsp3) is 0.500. The van der Waals surface area contributed by atoms with Crippen LogP contribution in [0.4, 0.5) is 0 Å². The highest BCUT2D eigenvalue weighted by molar-refractivity contribution is 8.01. The average Bonchev–Trinajstić information content (AvgIpc) is 3.06. The predicted octanol–water partition coefficient (Wildman–Crippen LogP) is 2.56. The van der Waals surface area contributed by atoms with E-state index in [0.717, 1.165) is 21.5 Å². The van der Waals surface area contributed by atoms with Gasteiger partial charge in [-0.15, -0.1) is 10.2 Å². The maximum atomic E-state index is 11.9. The lowest BCUT2D eigenvalue weighted by molar-refractivity contribution is -0.124. The van der Waals surface area contributed by atoms with Crippen LogP contribution in [0.25, 0.3) is 0 Å². The molecule has 1 atom stereocenters. The predicted molar refractivity (Wildman–Crippen MR) is 84.9 cm³/mol. The number of nitrogens with zero attached hydrogens (tertiary/aromatic N) is 4. The maximum Gasteiger partial charge on any atom is 0.244 e. The fourth-order valence-corrected chi connectivity index (χ4v) is 3.54. The zero-order valence-corrected chi connectivity index (χ0v) is 14.1. The van der Waals surface area contributed by atoms with Crippen LogP contribution in [0.5, 0.6) is 0 Å². The molecule has 0 aliphatic heterocycles. The highest BCUT2D eigenvalue weighted by Crippen LogP contribution is 2.22. The average molecular weight is 346 g/mol. The topological polar surface area (TPSA) is 72.7 Å². The van der Waals surface area contributed by atoms with Crippen molar-refractivity contribution in [2.45, 2.75) is 30.6 Å². The molecule has 0 unspecified atom stereocenters. The molecule has 0 spiro atoms. The van der Waals surface area contributed by atoms with E-state index in [0.29, 0.717) is 11.6 Å². The Labute approximate surface area is 136 Å².